The molecule has 132 valence electrons. The fourth-order valence-corrected chi connectivity index (χ4v) is 3.92. The lowest BCUT2D eigenvalue weighted by atomic mass is 10.1. The molecule has 0 aromatic heterocycles. The zero-order valence-corrected chi connectivity index (χ0v) is 14.7. The lowest BCUT2D eigenvalue weighted by molar-refractivity contribution is 0.351. The van der Waals surface area contributed by atoms with E-state index in [4.69, 9.17) is 9.47 Å². The summed E-state index contributed by atoms with van der Waals surface area (Å²) in [6.45, 7) is 1.67. The number of nitrogens with zero attached hydrogens (tertiary/aromatic N) is 1. The minimum Gasteiger partial charge on any atom is -0.493 e. The Kier molecular flexibility index (Phi) is 4.38. The Bertz CT molecular complexity index is 957. The van der Waals surface area contributed by atoms with Crippen LogP contribution in [-0.2, 0) is 10.0 Å². The Morgan fingerprint density at radius 2 is 1.76 bits per heavy atom. The van der Waals surface area contributed by atoms with Gasteiger partial charge in [-0.15, -0.1) is 0 Å². The van der Waals surface area contributed by atoms with Gasteiger partial charge in [-0.3, -0.25) is 9.71 Å². The number of aliphatic imine (C=N–C) groups is 1. The van der Waals surface area contributed by atoms with Gasteiger partial charge in [-0.25, -0.2) is 12.8 Å². The molecule has 0 aliphatic carbocycles. The molecule has 0 bridgehead atoms. The molecule has 1 heterocycles. The van der Waals surface area contributed by atoms with Crippen LogP contribution in [0.4, 0.5) is 4.39 Å². The van der Waals surface area contributed by atoms with Gasteiger partial charge in [0.05, 0.1) is 25.2 Å². The van der Waals surface area contributed by atoms with Crippen molar-refractivity contribution in [3.8, 4) is 11.5 Å². The number of hydrogen-bond donors (Lipinski definition) is 1. The highest BCUT2D eigenvalue weighted by Gasteiger charge is 2.31. The van der Waals surface area contributed by atoms with Crippen LogP contribution in [0, 0.1) is 5.82 Å². The van der Waals surface area contributed by atoms with Gasteiger partial charge in [-0.05, 0) is 25.1 Å². The maximum absolute atomic E-state index is 14.4. The van der Waals surface area contributed by atoms with Crippen molar-refractivity contribution in [1.82, 2.24) is 4.72 Å². The van der Waals surface area contributed by atoms with E-state index < -0.39 is 21.9 Å². The number of fused-ring (bicyclic) bond motifs is 1. The van der Waals surface area contributed by atoms with Crippen LogP contribution in [0.1, 0.15) is 24.1 Å². The van der Waals surface area contributed by atoms with Gasteiger partial charge in [0, 0.05) is 17.2 Å². The Labute approximate surface area is 145 Å². The molecule has 1 atom stereocenters. The third kappa shape index (κ3) is 3.05. The molecule has 25 heavy (non-hydrogen) atoms. The van der Waals surface area contributed by atoms with Gasteiger partial charge in [0.2, 0.25) is 0 Å². The summed E-state index contributed by atoms with van der Waals surface area (Å²) < 4.78 is 51.3. The van der Waals surface area contributed by atoms with Gasteiger partial charge >= 0.3 is 0 Å². The van der Waals surface area contributed by atoms with Crippen molar-refractivity contribution in [2.45, 2.75) is 17.9 Å². The standard InChI is InChI=1S/C17H17FN2O4S/c1-10(12-8-14(23-2)15(24-3)9-13(12)18)19-17-11-6-4-5-7-16(11)25(21,22)20-17/h4-10H,1-3H3,(H,19,20). The number of rotatable bonds is 4. The minimum atomic E-state index is -3.64. The summed E-state index contributed by atoms with van der Waals surface area (Å²) in [5.41, 5.74) is 0.740. The smallest absolute Gasteiger partial charge is 0.263 e. The second-order valence-electron chi connectivity index (χ2n) is 5.48. The molecule has 0 spiro atoms. The molecule has 0 saturated carbocycles. The number of hydrogen-bond acceptors (Lipinski definition) is 5. The highest BCUT2D eigenvalue weighted by molar-refractivity contribution is 7.90. The minimum absolute atomic E-state index is 0.161. The van der Waals surface area contributed by atoms with Crippen molar-refractivity contribution < 1.29 is 22.3 Å². The predicted molar refractivity (Wildman–Crippen MR) is 91.2 cm³/mol. The van der Waals surface area contributed by atoms with E-state index in [1.165, 1.54) is 32.4 Å². The van der Waals surface area contributed by atoms with E-state index in [-0.39, 0.29) is 22.0 Å². The van der Waals surface area contributed by atoms with E-state index >= 15 is 0 Å². The average molecular weight is 364 g/mol. The summed E-state index contributed by atoms with van der Waals surface area (Å²) in [6.07, 6.45) is 0. The molecule has 1 aliphatic rings. The zero-order valence-electron chi connectivity index (χ0n) is 13.9. The molecular formula is C17H17FN2O4S. The van der Waals surface area contributed by atoms with E-state index in [9.17, 15) is 12.8 Å². The molecule has 0 amide bonds. The fraction of sp³-hybridized carbons (Fsp3) is 0.235. The highest BCUT2D eigenvalue weighted by Crippen LogP contribution is 2.34. The highest BCUT2D eigenvalue weighted by atomic mass is 32.2. The first-order valence-corrected chi connectivity index (χ1v) is 8.97. The van der Waals surface area contributed by atoms with Crippen molar-refractivity contribution >= 4 is 15.9 Å². The van der Waals surface area contributed by atoms with Crippen LogP contribution < -0.4 is 14.2 Å². The maximum Gasteiger partial charge on any atom is 0.263 e. The molecule has 0 fully saturated rings. The van der Waals surface area contributed by atoms with Crippen molar-refractivity contribution in [3.05, 3.63) is 53.3 Å². The van der Waals surface area contributed by atoms with Crippen molar-refractivity contribution in [2.24, 2.45) is 4.99 Å². The average Bonchev–Trinajstić information content (AvgIpc) is 2.85. The Morgan fingerprint density at radius 1 is 1.12 bits per heavy atom. The molecule has 2 aromatic rings. The SMILES string of the molecule is COc1cc(F)c(C(C)N=C2NS(=O)(=O)c3ccccc32)cc1OC. The largest absolute Gasteiger partial charge is 0.493 e. The number of ether oxygens (including phenoxy) is 2. The first-order valence-electron chi connectivity index (χ1n) is 7.49. The molecule has 1 N–H and O–H groups in total. The third-order valence-electron chi connectivity index (χ3n) is 3.94. The summed E-state index contributed by atoms with van der Waals surface area (Å²) in [6, 6.07) is 8.60. The Balaban J connectivity index is 2.04. The van der Waals surface area contributed by atoms with E-state index in [1.54, 1.807) is 25.1 Å². The molecule has 2 aromatic carbocycles. The van der Waals surface area contributed by atoms with E-state index in [0.29, 0.717) is 11.3 Å². The van der Waals surface area contributed by atoms with Crippen molar-refractivity contribution in [3.63, 3.8) is 0 Å². The molecule has 0 radical (unpaired) electrons. The molecule has 1 aliphatic heterocycles. The normalized spacial score (nSPS) is 17.7. The fourth-order valence-electron chi connectivity index (χ4n) is 2.68. The van der Waals surface area contributed by atoms with Crippen LogP contribution >= 0.6 is 0 Å². The van der Waals surface area contributed by atoms with E-state index in [1.807, 2.05) is 0 Å². The lowest BCUT2D eigenvalue weighted by Crippen LogP contribution is -2.22. The van der Waals surface area contributed by atoms with Crippen LogP contribution in [0.2, 0.25) is 0 Å². The number of halogens is 1. The van der Waals surface area contributed by atoms with Gasteiger partial charge < -0.3 is 9.47 Å². The topological polar surface area (TPSA) is 77.0 Å². The number of amidine groups is 1. The molecule has 3 rings (SSSR count). The molecule has 0 saturated heterocycles. The van der Waals surface area contributed by atoms with Gasteiger partial charge in [0.25, 0.3) is 10.0 Å². The summed E-state index contributed by atoms with van der Waals surface area (Å²) in [7, 11) is -0.758. The lowest BCUT2D eigenvalue weighted by Gasteiger charge is -2.14. The Hall–Kier alpha value is -2.61. The summed E-state index contributed by atoms with van der Waals surface area (Å²) >= 11 is 0. The second-order valence-corrected chi connectivity index (χ2v) is 7.13. The third-order valence-corrected chi connectivity index (χ3v) is 5.34. The number of methoxy groups -OCH3 is 2. The molecule has 6 nitrogen and oxygen atoms in total. The molecule has 1 unspecified atom stereocenters. The van der Waals surface area contributed by atoms with E-state index in [0.717, 1.165) is 0 Å². The molecular weight excluding hydrogens is 347 g/mol. The maximum atomic E-state index is 14.4. The Morgan fingerprint density at radius 3 is 2.44 bits per heavy atom. The van der Waals surface area contributed by atoms with Crippen LogP contribution in [-0.4, -0.2) is 28.5 Å². The van der Waals surface area contributed by atoms with Crippen LogP contribution in [0.15, 0.2) is 46.3 Å². The van der Waals surface area contributed by atoms with Gasteiger partial charge in [0.1, 0.15) is 11.7 Å². The van der Waals surface area contributed by atoms with E-state index in [2.05, 4.69) is 9.71 Å². The predicted octanol–water partition coefficient (Wildman–Crippen LogP) is 2.64. The first kappa shape index (κ1) is 17.2. The van der Waals surface area contributed by atoms with Gasteiger partial charge in [-0.1, -0.05) is 12.1 Å². The van der Waals surface area contributed by atoms with Crippen molar-refractivity contribution in [1.29, 1.82) is 0 Å². The quantitative estimate of drug-likeness (QED) is 0.905. The van der Waals surface area contributed by atoms with Crippen LogP contribution in [0.3, 0.4) is 0 Å². The van der Waals surface area contributed by atoms with Crippen molar-refractivity contribution in [2.75, 3.05) is 14.2 Å². The number of nitrogens with one attached hydrogen (secondary N) is 1. The second kappa shape index (κ2) is 6.36. The summed E-state index contributed by atoms with van der Waals surface area (Å²) in [4.78, 5) is 4.53. The van der Waals surface area contributed by atoms with Crippen LogP contribution in [0.25, 0.3) is 0 Å². The number of sulfonamides is 1. The summed E-state index contributed by atoms with van der Waals surface area (Å²) in [5, 5.41) is 0. The number of benzene rings is 2. The molecule has 8 heteroatoms. The van der Waals surface area contributed by atoms with Gasteiger partial charge in [0.15, 0.2) is 11.5 Å². The zero-order chi connectivity index (χ0) is 18.2. The van der Waals surface area contributed by atoms with Crippen LogP contribution in [0.5, 0.6) is 11.5 Å². The first-order chi connectivity index (χ1) is 11.9. The monoisotopic (exact) mass is 364 g/mol. The van der Waals surface area contributed by atoms with Gasteiger partial charge in [-0.2, -0.15) is 0 Å². The summed E-state index contributed by atoms with van der Waals surface area (Å²) in [5.74, 6) is 0.329.